The van der Waals surface area contributed by atoms with Gasteiger partial charge in [-0.05, 0) is 63.3 Å². The Labute approximate surface area is 253 Å². The molecule has 1 amide bonds. The van der Waals surface area contributed by atoms with Crippen molar-refractivity contribution in [2.75, 3.05) is 13.1 Å². The first kappa shape index (κ1) is 32.6. The quantitative estimate of drug-likeness (QED) is 0.305. The Bertz CT molecular complexity index is 1220. The van der Waals surface area contributed by atoms with E-state index >= 15 is 0 Å². The molecule has 4 unspecified atom stereocenters. The van der Waals surface area contributed by atoms with Crippen LogP contribution in [0.25, 0.3) is 0 Å². The van der Waals surface area contributed by atoms with Gasteiger partial charge in [0.1, 0.15) is 11.6 Å². The van der Waals surface area contributed by atoms with Crippen LogP contribution in [0.1, 0.15) is 93.9 Å². The lowest BCUT2D eigenvalue weighted by Gasteiger charge is -2.38. The number of amides is 1. The Hall–Kier alpha value is -3.31. The summed E-state index contributed by atoms with van der Waals surface area (Å²) in [5.41, 5.74) is 3.00. The molecule has 2 heterocycles. The molecule has 0 saturated carbocycles. The predicted octanol–water partition coefficient (Wildman–Crippen LogP) is 4.40. The molecule has 0 spiro atoms. The first-order valence-corrected chi connectivity index (χ1v) is 15.1. The van der Waals surface area contributed by atoms with Gasteiger partial charge in [0, 0.05) is 37.9 Å². The zero-order valence-electron chi connectivity index (χ0n) is 25.3. The van der Waals surface area contributed by atoms with E-state index in [2.05, 4.69) is 10.2 Å². The van der Waals surface area contributed by atoms with Gasteiger partial charge in [0.05, 0.1) is 18.8 Å². The molecular formula is C33H44N2O8. The van der Waals surface area contributed by atoms with Gasteiger partial charge in [-0.2, -0.15) is 0 Å². The molecule has 2 aromatic rings. The fourth-order valence-corrected chi connectivity index (χ4v) is 5.46. The summed E-state index contributed by atoms with van der Waals surface area (Å²) in [5.74, 6) is -1.30. The van der Waals surface area contributed by atoms with Crippen molar-refractivity contribution < 1.29 is 38.8 Å². The SMILES string of the molecule is CC(C)(C)OC(=O)C1CCCN1CC1CC(c2ccc(CO)cc2)OC(c2ccc(CNC(=O)CCCC(=O)O)cc2)O1. The summed E-state index contributed by atoms with van der Waals surface area (Å²) in [6, 6.07) is 15.1. The van der Waals surface area contributed by atoms with Crippen molar-refractivity contribution in [2.45, 2.75) is 103 Å². The van der Waals surface area contributed by atoms with Gasteiger partial charge in [-0.3, -0.25) is 19.3 Å². The van der Waals surface area contributed by atoms with E-state index in [1.54, 1.807) is 0 Å². The second kappa shape index (κ2) is 14.9. The lowest BCUT2D eigenvalue weighted by molar-refractivity contribution is -0.253. The van der Waals surface area contributed by atoms with Crippen LogP contribution in [0.2, 0.25) is 0 Å². The summed E-state index contributed by atoms with van der Waals surface area (Å²) >= 11 is 0. The highest BCUT2D eigenvalue weighted by atomic mass is 16.7. The number of esters is 1. The number of carbonyl (C=O) groups excluding carboxylic acids is 2. The molecule has 4 rings (SSSR count). The molecule has 4 atom stereocenters. The molecule has 2 aliphatic rings. The van der Waals surface area contributed by atoms with E-state index in [4.69, 9.17) is 19.3 Å². The summed E-state index contributed by atoms with van der Waals surface area (Å²) in [6.07, 6.45) is 1.64. The summed E-state index contributed by atoms with van der Waals surface area (Å²) in [5, 5.41) is 21.1. The fraction of sp³-hybridized carbons (Fsp3) is 0.545. The van der Waals surface area contributed by atoms with Crippen LogP contribution in [0, 0.1) is 0 Å². The van der Waals surface area contributed by atoms with Crippen LogP contribution in [0.4, 0.5) is 0 Å². The second-order valence-electron chi connectivity index (χ2n) is 12.3. The van der Waals surface area contributed by atoms with Crippen LogP contribution in [-0.2, 0) is 41.7 Å². The maximum absolute atomic E-state index is 13.0. The molecule has 0 aliphatic carbocycles. The monoisotopic (exact) mass is 596 g/mol. The maximum atomic E-state index is 13.0. The van der Waals surface area contributed by atoms with Crippen LogP contribution in [0.5, 0.6) is 0 Å². The lowest BCUT2D eigenvalue weighted by atomic mass is 9.99. The van der Waals surface area contributed by atoms with Gasteiger partial charge in [0.15, 0.2) is 6.29 Å². The third-order valence-corrected chi connectivity index (χ3v) is 7.63. The van der Waals surface area contributed by atoms with Gasteiger partial charge in [-0.15, -0.1) is 0 Å². The highest BCUT2D eigenvalue weighted by Crippen LogP contribution is 2.39. The number of carboxylic acids is 1. The van der Waals surface area contributed by atoms with Gasteiger partial charge in [-0.1, -0.05) is 48.5 Å². The molecule has 0 aromatic heterocycles. The average Bonchev–Trinajstić information content (AvgIpc) is 3.43. The number of aliphatic hydroxyl groups excluding tert-OH is 1. The minimum absolute atomic E-state index is 0.0313. The minimum atomic E-state index is -0.912. The van der Waals surface area contributed by atoms with Gasteiger partial charge < -0.3 is 29.7 Å². The van der Waals surface area contributed by atoms with E-state index in [1.165, 1.54) is 0 Å². The first-order chi connectivity index (χ1) is 20.5. The molecule has 0 bridgehead atoms. The average molecular weight is 597 g/mol. The van der Waals surface area contributed by atoms with Crippen LogP contribution >= 0.6 is 0 Å². The molecule has 10 heteroatoms. The van der Waals surface area contributed by atoms with Crippen molar-refractivity contribution in [3.63, 3.8) is 0 Å². The Morgan fingerprint density at radius 2 is 1.65 bits per heavy atom. The summed E-state index contributed by atoms with van der Waals surface area (Å²) in [4.78, 5) is 37.8. The maximum Gasteiger partial charge on any atom is 0.323 e. The number of rotatable bonds is 12. The van der Waals surface area contributed by atoms with Crippen molar-refractivity contribution in [2.24, 2.45) is 0 Å². The van der Waals surface area contributed by atoms with Crippen molar-refractivity contribution in [3.8, 4) is 0 Å². The molecule has 0 radical (unpaired) electrons. The summed E-state index contributed by atoms with van der Waals surface area (Å²) < 4.78 is 18.6. The standard InChI is InChI=1S/C33H44N2O8/c1-33(2,3)43-31(40)27-6-5-17-35(27)20-26-18-28(24-13-11-23(21-36)12-14-24)42-32(41-26)25-15-9-22(10-16-25)19-34-29(37)7-4-8-30(38)39/h9-16,26-28,32,36H,4-8,17-21H2,1-3H3,(H,34,37)(H,38,39). The predicted molar refractivity (Wildman–Crippen MR) is 159 cm³/mol. The number of aliphatic hydroxyl groups is 1. The molecule has 2 aromatic carbocycles. The zero-order chi connectivity index (χ0) is 31.0. The number of carbonyl (C=O) groups is 3. The number of ether oxygens (including phenoxy) is 3. The normalized spacial score (nSPS) is 22.7. The van der Waals surface area contributed by atoms with Crippen molar-refractivity contribution >= 4 is 17.8 Å². The molecule has 234 valence electrons. The van der Waals surface area contributed by atoms with Crippen LogP contribution < -0.4 is 5.32 Å². The van der Waals surface area contributed by atoms with Crippen molar-refractivity contribution in [1.82, 2.24) is 10.2 Å². The van der Waals surface area contributed by atoms with E-state index in [9.17, 15) is 19.5 Å². The van der Waals surface area contributed by atoms with Crippen LogP contribution in [-0.4, -0.2) is 63.8 Å². The smallest absolute Gasteiger partial charge is 0.323 e. The Morgan fingerprint density at radius 1 is 0.977 bits per heavy atom. The molecule has 3 N–H and O–H groups in total. The first-order valence-electron chi connectivity index (χ1n) is 15.1. The van der Waals surface area contributed by atoms with E-state index < -0.39 is 17.9 Å². The number of hydrogen-bond acceptors (Lipinski definition) is 8. The topological polar surface area (TPSA) is 135 Å². The van der Waals surface area contributed by atoms with E-state index in [0.29, 0.717) is 25.9 Å². The Balaban J connectivity index is 1.44. The largest absolute Gasteiger partial charge is 0.481 e. The highest BCUT2D eigenvalue weighted by Gasteiger charge is 2.38. The number of likely N-dealkylation sites (tertiary alicyclic amines) is 1. The summed E-state index contributed by atoms with van der Waals surface area (Å²) in [6.45, 7) is 7.31. The number of nitrogens with zero attached hydrogens (tertiary/aromatic N) is 1. The van der Waals surface area contributed by atoms with Gasteiger partial charge >= 0.3 is 11.9 Å². The molecular weight excluding hydrogens is 552 g/mol. The van der Waals surface area contributed by atoms with E-state index in [0.717, 1.165) is 41.6 Å². The second-order valence-corrected chi connectivity index (χ2v) is 12.3. The van der Waals surface area contributed by atoms with Crippen molar-refractivity contribution in [3.05, 3.63) is 70.8 Å². The minimum Gasteiger partial charge on any atom is -0.481 e. The fourth-order valence-electron chi connectivity index (χ4n) is 5.46. The van der Waals surface area contributed by atoms with Gasteiger partial charge in [0.2, 0.25) is 5.91 Å². The number of hydrogen-bond donors (Lipinski definition) is 3. The third kappa shape index (κ3) is 9.86. The molecule has 43 heavy (non-hydrogen) atoms. The van der Waals surface area contributed by atoms with Crippen LogP contribution in [0.15, 0.2) is 48.5 Å². The van der Waals surface area contributed by atoms with Gasteiger partial charge in [-0.25, -0.2) is 0 Å². The lowest BCUT2D eigenvalue weighted by Crippen LogP contribution is -2.45. The van der Waals surface area contributed by atoms with Crippen LogP contribution in [0.3, 0.4) is 0 Å². The molecule has 2 saturated heterocycles. The Kier molecular flexibility index (Phi) is 11.3. The van der Waals surface area contributed by atoms with Crippen molar-refractivity contribution in [1.29, 1.82) is 0 Å². The molecule has 2 fully saturated rings. The number of benzene rings is 2. The molecule has 10 nitrogen and oxygen atoms in total. The highest BCUT2D eigenvalue weighted by molar-refractivity contribution is 5.77. The number of carboxylic acid groups (broad SMARTS) is 1. The number of aliphatic carboxylic acids is 1. The van der Waals surface area contributed by atoms with Gasteiger partial charge in [0.25, 0.3) is 0 Å². The van der Waals surface area contributed by atoms with E-state index in [-0.39, 0.29) is 49.6 Å². The number of nitrogens with one attached hydrogen (secondary N) is 1. The Morgan fingerprint density at radius 3 is 2.30 bits per heavy atom. The summed E-state index contributed by atoms with van der Waals surface area (Å²) in [7, 11) is 0. The third-order valence-electron chi connectivity index (χ3n) is 7.63. The zero-order valence-corrected chi connectivity index (χ0v) is 25.3. The van der Waals surface area contributed by atoms with E-state index in [1.807, 2.05) is 69.3 Å². The molecule has 2 aliphatic heterocycles.